The SMILES string of the molecule is CCCNc1c(CN2CCSCC2)cccc1[N+](=O)[O-]. The topological polar surface area (TPSA) is 58.4 Å². The summed E-state index contributed by atoms with van der Waals surface area (Å²) in [5.74, 6) is 2.29. The van der Waals surface area contributed by atoms with Gasteiger partial charge in [-0.3, -0.25) is 15.0 Å². The van der Waals surface area contributed by atoms with Crippen LogP contribution in [0.15, 0.2) is 18.2 Å². The van der Waals surface area contributed by atoms with Crippen molar-refractivity contribution in [2.45, 2.75) is 19.9 Å². The lowest BCUT2D eigenvalue weighted by atomic mass is 10.1. The lowest BCUT2D eigenvalue weighted by Gasteiger charge is -2.27. The number of nitro benzene ring substituents is 1. The van der Waals surface area contributed by atoms with E-state index in [9.17, 15) is 10.1 Å². The van der Waals surface area contributed by atoms with Gasteiger partial charge in [0.15, 0.2) is 0 Å². The van der Waals surface area contributed by atoms with E-state index < -0.39 is 0 Å². The van der Waals surface area contributed by atoms with E-state index in [0.717, 1.165) is 49.7 Å². The average molecular weight is 295 g/mol. The maximum Gasteiger partial charge on any atom is 0.292 e. The molecule has 6 heteroatoms. The summed E-state index contributed by atoms with van der Waals surface area (Å²) in [5, 5.41) is 14.4. The maximum atomic E-state index is 11.2. The number of nitrogens with one attached hydrogen (secondary N) is 1. The van der Waals surface area contributed by atoms with Crippen molar-refractivity contribution in [2.24, 2.45) is 0 Å². The van der Waals surface area contributed by atoms with Crippen LogP contribution in [-0.4, -0.2) is 41.0 Å². The van der Waals surface area contributed by atoms with Crippen LogP contribution in [0.1, 0.15) is 18.9 Å². The number of anilines is 1. The molecule has 0 amide bonds. The Morgan fingerprint density at radius 1 is 1.40 bits per heavy atom. The highest BCUT2D eigenvalue weighted by Crippen LogP contribution is 2.29. The van der Waals surface area contributed by atoms with Crippen LogP contribution in [0.2, 0.25) is 0 Å². The van der Waals surface area contributed by atoms with Crippen molar-refractivity contribution in [3.63, 3.8) is 0 Å². The van der Waals surface area contributed by atoms with Crippen LogP contribution in [0.3, 0.4) is 0 Å². The molecular formula is C14H21N3O2S. The molecule has 1 saturated heterocycles. The number of nitrogens with zero attached hydrogens (tertiary/aromatic N) is 2. The van der Waals surface area contributed by atoms with E-state index in [1.165, 1.54) is 0 Å². The van der Waals surface area contributed by atoms with E-state index in [4.69, 9.17) is 0 Å². The Morgan fingerprint density at radius 3 is 2.80 bits per heavy atom. The van der Waals surface area contributed by atoms with Crippen LogP contribution in [0, 0.1) is 10.1 Å². The molecule has 1 aliphatic rings. The van der Waals surface area contributed by atoms with Gasteiger partial charge in [0, 0.05) is 43.8 Å². The number of nitro groups is 1. The first-order valence-corrected chi connectivity index (χ1v) is 8.18. The monoisotopic (exact) mass is 295 g/mol. The quantitative estimate of drug-likeness (QED) is 0.646. The van der Waals surface area contributed by atoms with Crippen molar-refractivity contribution < 1.29 is 4.92 Å². The van der Waals surface area contributed by atoms with Crippen molar-refractivity contribution in [1.82, 2.24) is 4.90 Å². The molecular weight excluding hydrogens is 274 g/mol. The third-order valence-electron chi connectivity index (χ3n) is 3.37. The number of hydrogen-bond donors (Lipinski definition) is 1. The summed E-state index contributed by atoms with van der Waals surface area (Å²) in [6.07, 6.45) is 0.950. The largest absolute Gasteiger partial charge is 0.379 e. The van der Waals surface area contributed by atoms with Crippen LogP contribution < -0.4 is 5.32 Å². The lowest BCUT2D eigenvalue weighted by Crippen LogP contribution is -2.32. The predicted molar refractivity (Wildman–Crippen MR) is 84.5 cm³/mol. The Hall–Kier alpha value is -1.27. The third-order valence-corrected chi connectivity index (χ3v) is 4.32. The van der Waals surface area contributed by atoms with E-state index in [-0.39, 0.29) is 10.6 Å². The van der Waals surface area contributed by atoms with Gasteiger partial charge in [0.25, 0.3) is 5.69 Å². The van der Waals surface area contributed by atoms with Gasteiger partial charge in [-0.1, -0.05) is 19.1 Å². The number of benzene rings is 1. The summed E-state index contributed by atoms with van der Waals surface area (Å²) >= 11 is 1.97. The average Bonchev–Trinajstić information content (AvgIpc) is 2.46. The van der Waals surface area contributed by atoms with Crippen LogP contribution in [-0.2, 0) is 6.54 Å². The molecule has 0 atom stereocenters. The highest BCUT2D eigenvalue weighted by molar-refractivity contribution is 7.99. The molecule has 0 radical (unpaired) electrons. The van der Waals surface area contributed by atoms with Crippen molar-refractivity contribution in [1.29, 1.82) is 0 Å². The van der Waals surface area contributed by atoms with E-state index in [1.807, 2.05) is 17.8 Å². The zero-order chi connectivity index (χ0) is 14.4. The molecule has 0 aromatic heterocycles. The van der Waals surface area contributed by atoms with Gasteiger partial charge in [-0.15, -0.1) is 0 Å². The predicted octanol–water partition coefficient (Wildman–Crippen LogP) is 2.97. The van der Waals surface area contributed by atoms with Gasteiger partial charge in [0.1, 0.15) is 5.69 Å². The first kappa shape index (κ1) is 15.1. The Bertz CT molecular complexity index is 462. The normalized spacial score (nSPS) is 16.1. The van der Waals surface area contributed by atoms with Crippen LogP contribution in [0.4, 0.5) is 11.4 Å². The molecule has 2 rings (SSSR count). The van der Waals surface area contributed by atoms with E-state index in [0.29, 0.717) is 5.69 Å². The molecule has 1 aliphatic heterocycles. The number of para-hydroxylation sites is 1. The van der Waals surface area contributed by atoms with Gasteiger partial charge in [0.05, 0.1) is 4.92 Å². The Morgan fingerprint density at radius 2 is 2.15 bits per heavy atom. The van der Waals surface area contributed by atoms with Gasteiger partial charge in [-0.05, 0) is 12.0 Å². The molecule has 0 saturated carbocycles. The molecule has 20 heavy (non-hydrogen) atoms. The summed E-state index contributed by atoms with van der Waals surface area (Å²) in [6, 6.07) is 5.35. The number of rotatable bonds is 6. The summed E-state index contributed by atoms with van der Waals surface area (Å²) in [4.78, 5) is 13.2. The third kappa shape index (κ3) is 3.86. The second kappa shape index (κ2) is 7.50. The number of thioether (sulfide) groups is 1. The van der Waals surface area contributed by atoms with Gasteiger partial charge >= 0.3 is 0 Å². The highest BCUT2D eigenvalue weighted by atomic mass is 32.2. The van der Waals surface area contributed by atoms with Crippen LogP contribution in [0.25, 0.3) is 0 Å². The fourth-order valence-corrected chi connectivity index (χ4v) is 3.30. The van der Waals surface area contributed by atoms with Crippen molar-refractivity contribution in [3.8, 4) is 0 Å². The van der Waals surface area contributed by atoms with Gasteiger partial charge < -0.3 is 5.32 Å². The van der Waals surface area contributed by atoms with E-state index >= 15 is 0 Å². The van der Waals surface area contributed by atoms with Crippen molar-refractivity contribution in [2.75, 3.05) is 36.5 Å². The minimum Gasteiger partial charge on any atom is -0.379 e. The molecule has 1 aromatic rings. The van der Waals surface area contributed by atoms with Crippen molar-refractivity contribution >= 4 is 23.1 Å². The fraction of sp³-hybridized carbons (Fsp3) is 0.571. The Kier molecular flexibility index (Phi) is 5.67. The first-order chi connectivity index (χ1) is 9.72. The van der Waals surface area contributed by atoms with Gasteiger partial charge in [0.2, 0.25) is 0 Å². The van der Waals surface area contributed by atoms with E-state index in [2.05, 4.69) is 17.1 Å². The van der Waals surface area contributed by atoms with Gasteiger partial charge in [-0.2, -0.15) is 11.8 Å². The summed E-state index contributed by atoms with van der Waals surface area (Å²) in [5.41, 5.74) is 1.90. The molecule has 0 aliphatic carbocycles. The standard InChI is InChI=1S/C14H21N3O2S/c1-2-6-15-14-12(4-3-5-13(14)17(18)19)11-16-7-9-20-10-8-16/h3-5,15H,2,6-11H2,1H3. The summed E-state index contributed by atoms with van der Waals surface area (Å²) in [7, 11) is 0. The molecule has 1 aromatic carbocycles. The lowest BCUT2D eigenvalue weighted by molar-refractivity contribution is -0.384. The Balaban J connectivity index is 2.20. The van der Waals surface area contributed by atoms with E-state index in [1.54, 1.807) is 12.1 Å². The van der Waals surface area contributed by atoms with Crippen LogP contribution in [0.5, 0.6) is 0 Å². The summed E-state index contributed by atoms with van der Waals surface area (Å²) < 4.78 is 0. The smallest absolute Gasteiger partial charge is 0.292 e. The van der Waals surface area contributed by atoms with Crippen LogP contribution >= 0.6 is 11.8 Å². The zero-order valence-corrected chi connectivity index (χ0v) is 12.6. The molecule has 1 fully saturated rings. The molecule has 0 unspecified atom stereocenters. The van der Waals surface area contributed by atoms with Crippen molar-refractivity contribution in [3.05, 3.63) is 33.9 Å². The second-order valence-electron chi connectivity index (χ2n) is 4.88. The molecule has 1 N–H and O–H groups in total. The summed E-state index contributed by atoms with van der Waals surface area (Å²) in [6.45, 7) is 5.71. The maximum absolute atomic E-state index is 11.2. The molecule has 0 spiro atoms. The fourth-order valence-electron chi connectivity index (χ4n) is 2.32. The molecule has 0 bridgehead atoms. The minimum atomic E-state index is -0.298. The molecule has 5 nitrogen and oxygen atoms in total. The molecule has 1 heterocycles. The molecule has 110 valence electrons. The Labute approximate surface area is 123 Å². The number of hydrogen-bond acceptors (Lipinski definition) is 5. The minimum absolute atomic E-state index is 0.183. The van der Waals surface area contributed by atoms with Gasteiger partial charge in [-0.25, -0.2) is 0 Å². The second-order valence-corrected chi connectivity index (χ2v) is 6.11. The zero-order valence-electron chi connectivity index (χ0n) is 11.8. The highest BCUT2D eigenvalue weighted by Gasteiger charge is 2.19. The first-order valence-electron chi connectivity index (χ1n) is 7.02.